The third-order valence-corrected chi connectivity index (χ3v) is 3.20. The molecule has 0 spiro atoms. The Balaban J connectivity index is 2.50. The first kappa shape index (κ1) is 13.2. The highest BCUT2D eigenvalue weighted by atomic mass is 15.2. The monoisotopic (exact) mass is 224 g/mol. The molecule has 2 N–H and O–H groups in total. The Kier molecular flexibility index (Phi) is 4.50. The van der Waals surface area contributed by atoms with Gasteiger partial charge >= 0.3 is 0 Å². The summed E-state index contributed by atoms with van der Waals surface area (Å²) in [5.41, 5.74) is 7.47. The molecule has 0 aliphatic rings. The van der Waals surface area contributed by atoms with E-state index in [1.54, 1.807) is 0 Å². The third-order valence-electron chi connectivity index (χ3n) is 3.20. The molecule has 4 heteroatoms. The van der Waals surface area contributed by atoms with Crippen molar-refractivity contribution in [3.63, 3.8) is 0 Å². The summed E-state index contributed by atoms with van der Waals surface area (Å²) in [6, 6.07) is 0. The van der Waals surface area contributed by atoms with Crippen LogP contribution in [0, 0.1) is 0 Å². The van der Waals surface area contributed by atoms with Crippen LogP contribution >= 0.6 is 0 Å². The maximum absolute atomic E-state index is 6.29. The zero-order valence-corrected chi connectivity index (χ0v) is 10.9. The Labute approximate surface area is 98.4 Å². The molecule has 0 saturated heterocycles. The topological polar surface area (TPSA) is 47.1 Å². The molecule has 0 amide bonds. The van der Waals surface area contributed by atoms with E-state index in [-0.39, 0.29) is 5.54 Å². The van der Waals surface area contributed by atoms with Crippen molar-refractivity contribution in [3.8, 4) is 0 Å². The molecular formula is C12H24N4. The van der Waals surface area contributed by atoms with Crippen LogP contribution in [-0.2, 0) is 13.6 Å². The lowest BCUT2D eigenvalue weighted by Gasteiger charge is -2.31. The highest BCUT2D eigenvalue weighted by Gasteiger charge is 2.22. The molecule has 0 aliphatic carbocycles. The maximum Gasteiger partial charge on any atom is 0.0534 e. The molecule has 0 aliphatic heterocycles. The van der Waals surface area contributed by atoms with Crippen LogP contribution in [0.15, 0.2) is 12.4 Å². The van der Waals surface area contributed by atoms with E-state index in [9.17, 15) is 0 Å². The molecule has 0 atom stereocenters. The number of nitrogens with zero attached hydrogens (tertiary/aromatic N) is 3. The molecule has 4 nitrogen and oxygen atoms in total. The SMILES string of the molecule is CCC(N)(CC)CN(C)Cc1cnn(C)c1. The van der Waals surface area contributed by atoms with Crippen molar-refractivity contribution in [1.29, 1.82) is 0 Å². The summed E-state index contributed by atoms with van der Waals surface area (Å²) >= 11 is 0. The highest BCUT2D eigenvalue weighted by Crippen LogP contribution is 2.13. The minimum absolute atomic E-state index is 0.0586. The summed E-state index contributed by atoms with van der Waals surface area (Å²) in [6.07, 6.45) is 5.99. The van der Waals surface area contributed by atoms with Crippen LogP contribution in [0.1, 0.15) is 32.3 Å². The number of hydrogen-bond acceptors (Lipinski definition) is 3. The summed E-state index contributed by atoms with van der Waals surface area (Å²) in [7, 11) is 4.05. The first-order valence-electron chi connectivity index (χ1n) is 5.94. The van der Waals surface area contributed by atoms with Gasteiger partial charge in [0, 0.05) is 37.4 Å². The molecule has 16 heavy (non-hydrogen) atoms. The lowest BCUT2D eigenvalue weighted by atomic mass is 9.93. The smallest absolute Gasteiger partial charge is 0.0534 e. The fraction of sp³-hybridized carbons (Fsp3) is 0.750. The van der Waals surface area contributed by atoms with Gasteiger partial charge in [0.15, 0.2) is 0 Å². The highest BCUT2D eigenvalue weighted by molar-refractivity contribution is 5.03. The first-order chi connectivity index (χ1) is 7.49. The van der Waals surface area contributed by atoms with E-state index in [1.165, 1.54) is 5.56 Å². The van der Waals surface area contributed by atoms with Gasteiger partial charge in [-0.2, -0.15) is 5.10 Å². The number of nitrogens with two attached hydrogens (primary N) is 1. The van der Waals surface area contributed by atoms with Gasteiger partial charge < -0.3 is 10.6 Å². The standard InChI is InChI=1S/C12H24N4/c1-5-12(13,6-2)10-15(3)8-11-7-14-16(4)9-11/h7,9H,5-6,8,10,13H2,1-4H3. The molecular weight excluding hydrogens is 200 g/mol. The summed E-state index contributed by atoms with van der Waals surface area (Å²) in [6.45, 7) is 6.14. The molecule has 1 rings (SSSR count). The molecule has 0 fully saturated rings. The minimum Gasteiger partial charge on any atom is -0.324 e. The van der Waals surface area contributed by atoms with Crippen LogP contribution in [0.2, 0.25) is 0 Å². The van der Waals surface area contributed by atoms with Gasteiger partial charge in [0.05, 0.1) is 6.20 Å². The van der Waals surface area contributed by atoms with Gasteiger partial charge in [-0.15, -0.1) is 0 Å². The summed E-state index contributed by atoms with van der Waals surface area (Å²) in [5.74, 6) is 0. The van der Waals surface area contributed by atoms with E-state index in [1.807, 2.05) is 24.1 Å². The Morgan fingerprint density at radius 3 is 2.50 bits per heavy atom. The van der Waals surface area contributed by atoms with E-state index in [4.69, 9.17) is 5.73 Å². The van der Waals surface area contributed by atoms with Gasteiger partial charge in [-0.25, -0.2) is 0 Å². The lowest BCUT2D eigenvalue weighted by Crippen LogP contribution is -2.48. The molecule has 0 bridgehead atoms. The third kappa shape index (κ3) is 3.61. The molecule has 1 aromatic heterocycles. The Morgan fingerprint density at radius 2 is 2.06 bits per heavy atom. The zero-order chi connectivity index (χ0) is 12.2. The van der Waals surface area contributed by atoms with Gasteiger partial charge in [0.1, 0.15) is 0 Å². The number of aromatic nitrogens is 2. The van der Waals surface area contributed by atoms with E-state index >= 15 is 0 Å². The van der Waals surface area contributed by atoms with Crippen LogP contribution in [0.25, 0.3) is 0 Å². The minimum atomic E-state index is -0.0586. The Bertz CT molecular complexity index is 315. The Morgan fingerprint density at radius 1 is 1.44 bits per heavy atom. The molecule has 0 radical (unpaired) electrons. The predicted octanol–water partition coefficient (Wildman–Crippen LogP) is 1.37. The number of aryl methyl sites for hydroxylation is 1. The van der Waals surface area contributed by atoms with E-state index < -0.39 is 0 Å². The number of rotatable bonds is 6. The number of likely N-dealkylation sites (N-methyl/N-ethyl adjacent to an activating group) is 1. The van der Waals surface area contributed by atoms with Crippen molar-refractivity contribution >= 4 is 0 Å². The molecule has 0 saturated carbocycles. The van der Waals surface area contributed by atoms with Crippen molar-refractivity contribution in [2.45, 2.75) is 38.8 Å². The van der Waals surface area contributed by atoms with Crippen LogP contribution in [0.4, 0.5) is 0 Å². The van der Waals surface area contributed by atoms with Gasteiger partial charge in [-0.05, 0) is 19.9 Å². The van der Waals surface area contributed by atoms with Crippen LogP contribution in [-0.4, -0.2) is 33.8 Å². The molecule has 0 unspecified atom stereocenters. The fourth-order valence-corrected chi connectivity index (χ4v) is 1.93. The molecule has 0 aromatic carbocycles. The van der Waals surface area contributed by atoms with Gasteiger partial charge in [-0.1, -0.05) is 13.8 Å². The predicted molar refractivity (Wildman–Crippen MR) is 67.0 cm³/mol. The van der Waals surface area contributed by atoms with Crippen molar-refractivity contribution in [3.05, 3.63) is 18.0 Å². The van der Waals surface area contributed by atoms with Crippen LogP contribution in [0.3, 0.4) is 0 Å². The van der Waals surface area contributed by atoms with Gasteiger partial charge in [-0.3, -0.25) is 4.68 Å². The quantitative estimate of drug-likeness (QED) is 0.794. The van der Waals surface area contributed by atoms with E-state index in [0.717, 1.165) is 25.9 Å². The number of hydrogen-bond donors (Lipinski definition) is 1. The second kappa shape index (κ2) is 5.46. The van der Waals surface area contributed by atoms with Gasteiger partial charge in [0.25, 0.3) is 0 Å². The summed E-state index contributed by atoms with van der Waals surface area (Å²) < 4.78 is 1.83. The average Bonchev–Trinajstić information content (AvgIpc) is 2.63. The average molecular weight is 224 g/mol. The van der Waals surface area contributed by atoms with Gasteiger partial charge in [0.2, 0.25) is 0 Å². The van der Waals surface area contributed by atoms with Crippen molar-refractivity contribution < 1.29 is 0 Å². The summed E-state index contributed by atoms with van der Waals surface area (Å²) in [5, 5.41) is 4.17. The Hall–Kier alpha value is -0.870. The lowest BCUT2D eigenvalue weighted by molar-refractivity contribution is 0.228. The first-order valence-corrected chi connectivity index (χ1v) is 5.94. The van der Waals surface area contributed by atoms with Crippen molar-refractivity contribution in [2.75, 3.05) is 13.6 Å². The normalized spacial score (nSPS) is 12.4. The largest absolute Gasteiger partial charge is 0.324 e. The second-order valence-corrected chi connectivity index (χ2v) is 4.76. The van der Waals surface area contributed by atoms with E-state index in [2.05, 4.69) is 30.9 Å². The molecule has 1 heterocycles. The zero-order valence-electron chi connectivity index (χ0n) is 10.9. The second-order valence-electron chi connectivity index (χ2n) is 4.76. The fourth-order valence-electron chi connectivity index (χ4n) is 1.93. The van der Waals surface area contributed by atoms with E-state index in [0.29, 0.717) is 0 Å². The molecule has 92 valence electrons. The summed E-state index contributed by atoms with van der Waals surface area (Å²) in [4.78, 5) is 2.27. The maximum atomic E-state index is 6.29. The van der Waals surface area contributed by atoms with Crippen molar-refractivity contribution in [1.82, 2.24) is 14.7 Å². The van der Waals surface area contributed by atoms with Crippen LogP contribution in [0.5, 0.6) is 0 Å². The molecule has 1 aromatic rings. The van der Waals surface area contributed by atoms with Crippen molar-refractivity contribution in [2.24, 2.45) is 12.8 Å². The van der Waals surface area contributed by atoms with Crippen LogP contribution < -0.4 is 5.73 Å².